The molecular formula is C17H20N2O. The molecule has 0 bridgehead atoms. The van der Waals surface area contributed by atoms with Crippen LogP contribution in [0.5, 0.6) is 0 Å². The highest BCUT2D eigenvalue weighted by atomic mass is 16.2. The normalized spacial score (nSPS) is 11.9. The molecule has 0 aliphatic rings. The van der Waals surface area contributed by atoms with Crippen LogP contribution < -0.4 is 11.1 Å². The van der Waals surface area contributed by atoms with Crippen molar-refractivity contribution in [2.24, 2.45) is 5.73 Å². The van der Waals surface area contributed by atoms with E-state index in [2.05, 4.69) is 5.32 Å². The van der Waals surface area contributed by atoms with Gasteiger partial charge in [0.25, 0.3) is 0 Å². The van der Waals surface area contributed by atoms with Gasteiger partial charge < -0.3 is 11.1 Å². The van der Waals surface area contributed by atoms with Crippen LogP contribution in [0, 0.1) is 0 Å². The highest BCUT2D eigenvalue weighted by Crippen LogP contribution is 2.27. The van der Waals surface area contributed by atoms with Gasteiger partial charge in [0, 0.05) is 11.3 Å². The van der Waals surface area contributed by atoms with E-state index < -0.39 is 6.04 Å². The van der Waals surface area contributed by atoms with Crippen LogP contribution in [0.1, 0.15) is 19.8 Å². The maximum absolute atomic E-state index is 12.0. The Morgan fingerprint density at radius 3 is 2.45 bits per heavy atom. The van der Waals surface area contributed by atoms with E-state index in [1.54, 1.807) is 0 Å². The standard InChI is InChI=1S/C17H20N2O/c1-2-8-15(18)17(20)19-16-12-7-6-11-14(16)13-9-4-3-5-10-13/h3-7,9-12,15H,2,8,18H2,1H3,(H,19,20)/t15-/m0/s1. The largest absolute Gasteiger partial charge is 0.324 e. The second-order valence-corrected chi connectivity index (χ2v) is 4.80. The lowest BCUT2D eigenvalue weighted by atomic mass is 10.0. The third kappa shape index (κ3) is 3.45. The van der Waals surface area contributed by atoms with Crippen molar-refractivity contribution in [3.8, 4) is 11.1 Å². The Bertz CT molecular complexity index is 566. The lowest BCUT2D eigenvalue weighted by Gasteiger charge is -2.14. The van der Waals surface area contributed by atoms with Gasteiger partial charge in [0.2, 0.25) is 5.91 Å². The van der Waals surface area contributed by atoms with Crippen LogP contribution in [0.15, 0.2) is 54.6 Å². The second kappa shape index (κ2) is 6.87. The fourth-order valence-electron chi connectivity index (χ4n) is 2.13. The van der Waals surface area contributed by atoms with Crippen molar-refractivity contribution in [3.63, 3.8) is 0 Å². The van der Waals surface area contributed by atoms with E-state index in [9.17, 15) is 4.79 Å². The Labute approximate surface area is 119 Å². The molecule has 0 fully saturated rings. The van der Waals surface area contributed by atoms with Gasteiger partial charge in [-0.25, -0.2) is 0 Å². The molecule has 3 nitrogen and oxygen atoms in total. The van der Waals surface area contributed by atoms with Crippen LogP contribution in [-0.4, -0.2) is 11.9 Å². The molecule has 0 unspecified atom stereocenters. The molecule has 2 aromatic rings. The zero-order valence-electron chi connectivity index (χ0n) is 11.7. The molecule has 3 N–H and O–H groups in total. The summed E-state index contributed by atoms with van der Waals surface area (Å²) < 4.78 is 0. The van der Waals surface area contributed by atoms with Crippen LogP contribution in [0.2, 0.25) is 0 Å². The van der Waals surface area contributed by atoms with Gasteiger partial charge >= 0.3 is 0 Å². The Hall–Kier alpha value is -2.13. The maximum atomic E-state index is 12.0. The number of hydrogen-bond donors (Lipinski definition) is 2. The maximum Gasteiger partial charge on any atom is 0.241 e. The van der Waals surface area contributed by atoms with Gasteiger partial charge in [-0.2, -0.15) is 0 Å². The van der Waals surface area contributed by atoms with Crippen LogP contribution in [0.3, 0.4) is 0 Å². The molecular weight excluding hydrogens is 248 g/mol. The van der Waals surface area contributed by atoms with Crippen molar-refractivity contribution in [2.45, 2.75) is 25.8 Å². The van der Waals surface area contributed by atoms with Crippen molar-refractivity contribution < 1.29 is 4.79 Å². The number of para-hydroxylation sites is 1. The summed E-state index contributed by atoms with van der Waals surface area (Å²) in [6.07, 6.45) is 1.59. The lowest BCUT2D eigenvalue weighted by Crippen LogP contribution is -2.35. The molecule has 0 aliphatic heterocycles. The predicted octanol–water partition coefficient (Wildman–Crippen LogP) is 3.42. The SMILES string of the molecule is CCC[C@H](N)C(=O)Nc1ccccc1-c1ccccc1. The molecule has 104 valence electrons. The Morgan fingerprint density at radius 2 is 1.75 bits per heavy atom. The Balaban J connectivity index is 2.23. The molecule has 0 heterocycles. The average molecular weight is 268 g/mol. The summed E-state index contributed by atoms with van der Waals surface area (Å²) in [6, 6.07) is 17.3. The molecule has 3 heteroatoms. The molecule has 0 saturated heterocycles. The minimum absolute atomic E-state index is 0.129. The molecule has 0 aromatic heterocycles. The van der Waals surface area contributed by atoms with E-state index in [0.717, 1.165) is 23.2 Å². The van der Waals surface area contributed by atoms with Crippen molar-refractivity contribution in [1.82, 2.24) is 0 Å². The number of nitrogens with one attached hydrogen (secondary N) is 1. The van der Waals surface area contributed by atoms with Crippen molar-refractivity contribution in [2.75, 3.05) is 5.32 Å². The van der Waals surface area contributed by atoms with E-state index in [4.69, 9.17) is 5.73 Å². The van der Waals surface area contributed by atoms with Gasteiger partial charge in [-0.3, -0.25) is 4.79 Å². The molecule has 0 saturated carbocycles. The molecule has 0 spiro atoms. The highest BCUT2D eigenvalue weighted by Gasteiger charge is 2.14. The molecule has 0 radical (unpaired) electrons. The molecule has 1 atom stereocenters. The zero-order chi connectivity index (χ0) is 14.4. The number of carbonyl (C=O) groups excluding carboxylic acids is 1. The third-order valence-electron chi connectivity index (χ3n) is 3.21. The number of anilines is 1. The molecule has 20 heavy (non-hydrogen) atoms. The van der Waals surface area contributed by atoms with Gasteiger partial charge in [-0.15, -0.1) is 0 Å². The first-order valence-electron chi connectivity index (χ1n) is 6.93. The Morgan fingerprint density at radius 1 is 1.10 bits per heavy atom. The van der Waals surface area contributed by atoms with Crippen molar-refractivity contribution >= 4 is 11.6 Å². The number of hydrogen-bond acceptors (Lipinski definition) is 2. The van der Waals surface area contributed by atoms with Crippen LogP contribution in [0.4, 0.5) is 5.69 Å². The lowest BCUT2D eigenvalue weighted by molar-refractivity contribution is -0.117. The monoisotopic (exact) mass is 268 g/mol. The summed E-state index contributed by atoms with van der Waals surface area (Å²) in [7, 11) is 0. The highest BCUT2D eigenvalue weighted by molar-refractivity contribution is 5.98. The summed E-state index contributed by atoms with van der Waals surface area (Å²) in [5.41, 5.74) is 8.73. The van der Waals surface area contributed by atoms with Gasteiger partial charge in [0.05, 0.1) is 6.04 Å². The first kappa shape index (κ1) is 14.3. The fraction of sp³-hybridized carbons (Fsp3) is 0.235. The molecule has 2 rings (SSSR count). The topological polar surface area (TPSA) is 55.1 Å². The molecule has 1 amide bonds. The van der Waals surface area contributed by atoms with E-state index in [-0.39, 0.29) is 5.91 Å². The van der Waals surface area contributed by atoms with Crippen molar-refractivity contribution in [1.29, 1.82) is 0 Å². The summed E-state index contributed by atoms with van der Waals surface area (Å²) >= 11 is 0. The fourth-order valence-corrected chi connectivity index (χ4v) is 2.13. The summed E-state index contributed by atoms with van der Waals surface area (Å²) in [6.45, 7) is 2.02. The summed E-state index contributed by atoms with van der Waals surface area (Å²) in [4.78, 5) is 12.0. The van der Waals surface area contributed by atoms with E-state index in [0.29, 0.717) is 6.42 Å². The van der Waals surface area contributed by atoms with Gasteiger partial charge in [0.15, 0.2) is 0 Å². The number of benzene rings is 2. The summed E-state index contributed by atoms with van der Waals surface area (Å²) in [5, 5.41) is 2.93. The zero-order valence-corrected chi connectivity index (χ0v) is 11.7. The average Bonchev–Trinajstić information content (AvgIpc) is 2.49. The van der Waals surface area contributed by atoms with Crippen LogP contribution in [0.25, 0.3) is 11.1 Å². The van der Waals surface area contributed by atoms with E-state index in [1.165, 1.54) is 0 Å². The smallest absolute Gasteiger partial charge is 0.241 e. The van der Waals surface area contributed by atoms with E-state index >= 15 is 0 Å². The first-order valence-corrected chi connectivity index (χ1v) is 6.93. The minimum Gasteiger partial charge on any atom is -0.324 e. The van der Waals surface area contributed by atoms with Crippen molar-refractivity contribution in [3.05, 3.63) is 54.6 Å². The number of nitrogens with two attached hydrogens (primary N) is 1. The van der Waals surface area contributed by atoms with Crippen LogP contribution >= 0.6 is 0 Å². The second-order valence-electron chi connectivity index (χ2n) is 4.80. The van der Waals surface area contributed by atoms with Gasteiger partial charge in [-0.05, 0) is 18.1 Å². The number of rotatable bonds is 5. The summed E-state index contributed by atoms with van der Waals surface area (Å²) in [5.74, 6) is -0.129. The quantitative estimate of drug-likeness (QED) is 0.873. The van der Waals surface area contributed by atoms with Gasteiger partial charge in [-0.1, -0.05) is 61.9 Å². The third-order valence-corrected chi connectivity index (χ3v) is 3.21. The van der Waals surface area contributed by atoms with Gasteiger partial charge in [0.1, 0.15) is 0 Å². The van der Waals surface area contributed by atoms with E-state index in [1.807, 2.05) is 61.5 Å². The van der Waals surface area contributed by atoms with Crippen LogP contribution in [-0.2, 0) is 4.79 Å². The molecule has 0 aliphatic carbocycles. The molecule has 2 aromatic carbocycles. The minimum atomic E-state index is -0.455. The Kier molecular flexibility index (Phi) is 4.91. The number of carbonyl (C=O) groups is 1. The number of amides is 1. The first-order chi connectivity index (χ1) is 9.72. The predicted molar refractivity (Wildman–Crippen MR) is 83.4 cm³/mol.